The van der Waals surface area contributed by atoms with E-state index in [1.165, 1.54) is 4.90 Å². The Labute approximate surface area is 180 Å². The summed E-state index contributed by atoms with van der Waals surface area (Å²) in [5.74, 6) is -0.919. The molecule has 150 valence electrons. The first-order valence-corrected chi connectivity index (χ1v) is 9.99. The number of thiocarbonyl (C=S) groups is 1. The molecule has 0 unspecified atom stereocenters. The number of amides is 2. The molecule has 0 saturated carbocycles. The van der Waals surface area contributed by atoms with Crippen LogP contribution >= 0.6 is 12.2 Å². The molecule has 0 bridgehead atoms. The maximum atomic E-state index is 13.3. The fourth-order valence-corrected chi connectivity index (χ4v) is 3.92. The molecule has 3 aromatic rings. The minimum atomic E-state index is -0.490. The molecule has 1 aliphatic rings. The van der Waals surface area contributed by atoms with Gasteiger partial charge in [-0.3, -0.25) is 19.8 Å². The molecular weight excluding hydrogens is 394 g/mol. The minimum Gasteiger partial charge on any atom is -0.321 e. The molecule has 6 heteroatoms. The van der Waals surface area contributed by atoms with Gasteiger partial charge in [-0.1, -0.05) is 35.9 Å². The van der Waals surface area contributed by atoms with Crippen LogP contribution in [-0.4, -0.2) is 21.5 Å². The zero-order valence-corrected chi connectivity index (χ0v) is 17.8. The number of nitrogens with zero attached hydrogens (tertiary/aromatic N) is 2. The Morgan fingerprint density at radius 1 is 0.967 bits per heavy atom. The summed E-state index contributed by atoms with van der Waals surface area (Å²) in [6.45, 7) is 5.89. The van der Waals surface area contributed by atoms with Crippen molar-refractivity contribution in [1.29, 1.82) is 0 Å². The van der Waals surface area contributed by atoms with Gasteiger partial charge in [0.1, 0.15) is 5.57 Å². The average molecular weight is 416 g/mol. The molecule has 5 nitrogen and oxygen atoms in total. The SMILES string of the molecule is Cc1ccc(N2C(=O)/C(=C\c3cc(C)n(-c4ccccc4)c3)C(=O)NC2=S)c(C)c1. The number of hydrogen-bond acceptors (Lipinski definition) is 3. The molecule has 2 heterocycles. The van der Waals surface area contributed by atoms with Crippen molar-refractivity contribution in [1.82, 2.24) is 9.88 Å². The van der Waals surface area contributed by atoms with Gasteiger partial charge >= 0.3 is 0 Å². The van der Waals surface area contributed by atoms with Gasteiger partial charge < -0.3 is 4.57 Å². The highest BCUT2D eigenvalue weighted by atomic mass is 32.1. The molecule has 1 saturated heterocycles. The van der Waals surface area contributed by atoms with E-state index >= 15 is 0 Å². The summed E-state index contributed by atoms with van der Waals surface area (Å²) < 4.78 is 2.02. The van der Waals surface area contributed by atoms with Crippen molar-refractivity contribution < 1.29 is 9.59 Å². The van der Waals surface area contributed by atoms with Crippen LogP contribution in [0.2, 0.25) is 0 Å². The number of aryl methyl sites for hydroxylation is 3. The number of carbonyl (C=O) groups is 2. The van der Waals surface area contributed by atoms with Crippen LogP contribution in [0.4, 0.5) is 5.69 Å². The molecule has 1 aromatic heterocycles. The van der Waals surface area contributed by atoms with Crippen LogP contribution in [0.25, 0.3) is 11.8 Å². The number of anilines is 1. The van der Waals surface area contributed by atoms with Gasteiger partial charge in [0.2, 0.25) is 0 Å². The smallest absolute Gasteiger partial charge is 0.270 e. The van der Waals surface area contributed by atoms with E-state index < -0.39 is 11.8 Å². The van der Waals surface area contributed by atoms with Gasteiger partial charge in [-0.15, -0.1) is 0 Å². The zero-order valence-electron chi connectivity index (χ0n) is 17.0. The molecular formula is C24H21N3O2S. The lowest BCUT2D eigenvalue weighted by Gasteiger charge is -2.30. The van der Waals surface area contributed by atoms with Crippen LogP contribution in [-0.2, 0) is 9.59 Å². The van der Waals surface area contributed by atoms with Gasteiger partial charge in [0.05, 0.1) is 5.69 Å². The number of nitrogens with one attached hydrogen (secondary N) is 1. The van der Waals surface area contributed by atoms with Gasteiger partial charge in [-0.25, -0.2) is 0 Å². The van der Waals surface area contributed by atoms with Crippen molar-refractivity contribution in [2.45, 2.75) is 20.8 Å². The summed E-state index contributed by atoms with van der Waals surface area (Å²) in [4.78, 5) is 27.2. The molecule has 2 amide bonds. The molecule has 2 aromatic carbocycles. The largest absolute Gasteiger partial charge is 0.321 e. The number of rotatable bonds is 3. The van der Waals surface area contributed by atoms with E-state index in [0.29, 0.717) is 5.69 Å². The fourth-order valence-electron chi connectivity index (χ4n) is 3.64. The maximum Gasteiger partial charge on any atom is 0.270 e. The third-order valence-electron chi connectivity index (χ3n) is 5.07. The molecule has 1 N–H and O–H groups in total. The van der Waals surface area contributed by atoms with Crippen molar-refractivity contribution in [2.75, 3.05) is 4.90 Å². The molecule has 0 aliphatic carbocycles. The van der Waals surface area contributed by atoms with E-state index in [1.54, 1.807) is 6.08 Å². The first-order valence-electron chi connectivity index (χ1n) is 9.58. The average Bonchev–Trinajstić information content (AvgIpc) is 3.07. The Morgan fingerprint density at radius 2 is 1.70 bits per heavy atom. The van der Waals surface area contributed by atoms with E-state index in [-0.39, 0.29) is 10.7 Å². The first kappa shape index (κ1) is 19.8. The monoisotopic (exact) mass is 415 g/mol. The van der Waals surface area contributed by atoms with Crippen molar-refractivity contribution in [3.63, 3.8) is 0 Å². The second kappa shape index (κ2) is 7.72. The van der Waals surface area contributed by atoms with Crippen LogP contribution in [0.5, 0.6) is 0 Å². The standard InChI is InChI=1S/C24H21N3O2S/c1-15-9-10-21(16(2)11-15)27-23(29)20(22(28)25-24(27)30)13-18-12-17(3)26(14-18)19-7-5-4-6-8-19/h4-14H,1-3H3,(H,25,28,30)/b20-13-. The van der Waals surface area contributed by atoms with Crippen molar-refractivity contribution in [3.8, 4) is 5.69 Å². The number of benzene rings is 2. The van der Waals surface area contributed by atoms with Gasteiger partial charge in [0.25, 0.3) is 11.8 Å². The van der Waals surface area contributed by atoms with E-state index in [4.69, 9.17) is 12.2 Å². The Balaban J connectivity index is 1.73. The molecule has 0 spiro atoms. The Morgan fingerprint density at radius 3 is 2.40 bits per heavy atom. The molecule has 0 radical (unpaired) electrons. The Hall–Kier alpha value is -3.51. The lowest BCUT2D eigenvalue weighted by molar-refractivity contribution is -0.122. The second-order valence-electron chi connectivity index (χ2n) is 7.37. The van der Waals surface area contributed by atoms with E-state index in [0.717, 1.165) is 28.1 Å². The second-order valence-corrected chi connectivity index (χ2v) is 7.75. The van der Waals surface area contributed by atoms with Gasteiger partial charge in [0.15, 0.2) is 5.11 Å². The van der Waals surface area contributed by atoms with E-state index in [2.05, 4.69) is 5.32 Å². The van der Waals surface area contributed by atoms with Gasteiger partial charge in [0, 0.05) is 17.6 Å². The summed E-state index contributed by atoms with van der Waals surface area (Å²) in [6.07, 6.45) is 3.52. The van der Waals surface area contributed by atoms with E-state index in [1.807, 2.05) is 86.1 Å². The topological polar surface area (TPSA) is 54.3 Å². The summed E-state index contributed by atoms with van der Waals surface area (Å²) in [5.41, 5.74) is 5.49. The third-order valence-corrected chi connectivity index (χ3v) is 5.36. The molecule has 4 rings (SSSR count). The highest BCUT2D eigenvalue weighted by Gasteiger charge is 2.35. The van der Waals surface area contributed by atoms with Crippen LogP contribution in [0, 0.1) is 20.8 Å². The molecule has 1 fully saturated rings. The first-order chi connectivity index (χ1) is 14.3. The van der Waals surface area contributed by atoms with Gasteiger partial charge in [-0.2, -0.15) is 0 Å². The minimum absolute atomic E-state index is 0.0498. The molecule has 30 heavy (non-hydrogen) atoms. The number of hydrogen-bond donors (Lipinski definition) is 1. The fraction of sp³-hybridized carbons (Fsp3) is 0.125. The number of aromatic nitrogens is 1. The Kier molecular flexibility index (Phi) is 5.10. The summed E-state index contributed by atoms with van der Waals surface area (Å²) in [6, 6.07) is 17.6. The molecule has 0 atom stereocenters. The summed E-state index contributed by atoms with van der Waals surface area (Å²) in [7, 11) is 0. The van der Waals surface area contributed by atoms with Gasteiger partial charge in [-0.05, 0) is 74.5 Å². The lowest BCUT2D eigenvalue weighted by Crippen LogP contribution is -2.54. The van der Waals surface area contributed by atoms with Crippen molar-refractivity contribution in [3.05, 3.63) is 88.8 Å². The predicted molar refractivity (Wildman–Crippen MR) is 123 cm³/mol. The highest BCUT2D eigenvalue weighted by molar-refractivity contribution is 7.80. The van der Waals surface area contributed by atoms with Crippen LogP contribution < -0.4 is 10.2 Å². The summed E-state index contributed by atoms with van der Waals surface area (Å²) >= 11 is 5.30. The van der Waals surface area contributed by atoms with E-state index in [9.17, 15) is 9.59 Å². The van der Waals surface area contributed by atoms with Crippen LogP contribution in [0.15, 0.2) is 66.4 Å². The third kappa shape index (κ3) is 3.57. The lowest BCUT2D eigenvalue weighted by atomic mass is 10.1. The highest BCUT2D eigenvalue weighted by Crippen LogP contribution is 2.26. The molecule has 1 aliphatic heterocycles. The normalized spacial score (nSPS) is 15.6. The van der Waals surface area contributed by atoms with Crippen molar-refractivity contribution >= 4 is 40.9 Å². The van der Waals surface area contributed by atoms with Crippen LogP contribution in [0.1, 0.15) is 22.4 Å². The quantitative estimate of drug-likeness (QED) is 0.396. The number of para-hydroxylation sites is 1. The zero-order chi connectivity index (χ0) is 21.4. The summed E-state index contributed by atoms with van der Waals surface area (Å²) in [5, 5.41) is 2.74. The predicted octanol–water partition coefficient (Wildman–Crippen LogP) is 4.23. The number of carbonyl (C=O) groups excluding carboxylic acids is 2. The Bertz CT molecular complexity index is 1210. The maximum absolute atomic E-state index is 13.3. The van der Waals surface area contributed by atoms with Crippen molar-refractivity contribution in [2.24, 2.45) is 0 Å². The van der Waals surface area contributed by atoms with Crippen LogP contribution in [0.3, 0.4) is 0 Å².